The SMILES string of the molecule is CC(=O)N(CC[C@H](c1ccccc1)c1ccc(OC(C)C)cc1)Cc1ccccc1F. The van der Waals surface area contributed by atoms with E-state index < -0.39 is 0 Å². The second kappa shape index (κ2) is 10.8. The maximum atomic E-state index is 14.1. The van der Waals surface area contributed by atoms with Gasteiger partial charge in [0.2, 0.25) is 5.91 Å². The molecule has 0 N–H and O–H groups in total. The van der Waals surface area contributed by atoms with E-state index in [2.05, 4.69) is 24.3 Å². The van der Waals surface area contributed by atoms with Gasteiger partial charge in [-0.15, -0.1) is 0 Å². The highest BCUT2D eigenvalue weighted by Gasteiger charge is 2.18. The normalized spacial score (nSPS) is 11.9. The smallest absolute Gasteiger partial charge is 0.219 e. The molecule has 0 saturated carbocycles. The summed E-state index contributed by atoms with van der Waals surface area (Å²) in [5.41, 5.74) is 2.88. The van der Waals surface area contributed by atoms with Gasteiger partial charge in [-0.05, 0) is 49.6 Å². The maximum absolute atomic E-state index is 14.1. The van der Waals surface area contributed by atoms with Crippen LogP contribution in [0, 0.1) is 5.82 Å². The Labute approximate surface area is 184 Å². The van der Waals surface area contributed by atoms with Crippen LogP contribution in [-0.4, -0.2) is 23.5 Å². The molecule has 3 rings (SSSR count). The Hall–Kier alpha value is -3.14. The van der Waals surface area contributed by atoms with Crippen molar-refractivity contribution in [2.45, 2.75) is 45.8 Å². The van der Waals surface area contributed by atoms with Crippen molar-refractivity contribution in [1.29, 1.82) is 0 Å². The standard InChI is InChI=1S/C27H30FNO2/c1-20(2)31-25-15-13-23(14-16-25)26(22-9-5-4-6-10-22)17-18-29(21(3)30)19-24-11-7-8-12-27(24)28/h4-16,20,26H,17-19H2,1-3H3/t26-/m1/s1. The first-order chi connectivity index (χ1) is 14.9. The summed E-state index contributed by atoms with van der Waals surface area (Å²) >= 11 is 0. The number of ether oxygens (including phenoxy) is 1. The van der Waals surface area contributed by atoms with Gasteiger partial charge in [0.15, 0.2) is 0 Å². The van der Waals surface area contributed by atoms with Crippen molar-refractivity contribution in [1.82, 2.24) is 4.90 Å². The van der Waals surface area contributed by atoms with Crippen LogP contribution >= 0.6 is 0 Å². The van der Waals surface area contributed by atoms with E-state index in [1.807, 2.05) is 44.2 Å². The number of benzene rings is 3. The molecular weight excluding hydrogens is 389 g/mol. The summed E-state index contributed by atoms with van der Waals surface area (Å²) in [5.74, 6) is 0.622. The zero-order chi connectivity index (χ0) is 22.2. The fourth-order valence-corrected chi connectivity index (χ4v) is 3.73. The molecule has 0 aliphatic heterocycles. The zero-order valence-electron chi connectivity index (χ0n) is 18.4. The molecule has 0 unspecified atom stereocenters. The van der Waals surface area contributed by atoms with Gasteiger partial charge in [0.25, 0.3) is 0 Å². The summed E-state index contributed by atoms with van der Waals surface area (Å²) in [5, 5.41) is 0. The van der Waals surface area contributed by atoms with Crippen molar-refractivity contribution in [3.05, 3.63) is 101 Å². The molecule has 3 aromatic rings. The third-order valence-electron chi connectivity index (χ3n) is 5.31. The predicted molar refractivity (Wildman–Crippen MR) is 123 cm³/mol. The lowest BCUT2D eigenvalue weighted by molar-refractivity contribution is -0.129. The van der Waals surface area contributed by atoms with Gasteiger partial charge < -0.3 is 9.64 Å². The number of hydrogen-bond donors (Lipinski definition) is 0. The molecule has 0 aliphatic carbocycles. The van der Waals surface area contributed by atoms with Gasteiger partial charge in [0.1, 0.15) is 11.6 Å². The largest absolute Gasteiger partial charge is 0.491 e. The van der Waals surface area contributed by atoms with Crippen molar-refractivity contribution < 1.29 is 13.9 Å². The summed E-state index contributed by atoms with van der Waals surface area (Å²) < 4.78 is 19.9. The van der Waals surface area contributed by atoms with E-state index in [9.17, 15) is 9.18 Å². The molecule has 4 heteroatoms. The average molecular weight is 420 g/mol. The lowest BCUT2D eigenvalue weighted by atomic mass is 9.88. The minimum Gasteiger partial charge on any atom is -0.491 e. The first-order valence-electron chi connectivity index (χ1n) is 10.7. The molecule has 3 nitrogen and oxygen atoms in total. The highest BCUT2D eigenvalue weighted by Crippen LogP contribution is 2.30. The Balaban J connectivity index is 1.79. The van der Waals surface area contributed by atoms with Crippen LogP contribution in [0.3, 0.4) is 0 Å². The predicted octanol–water partition coefficient (Wildman–Crippen LogP) is 6.18. The summed E-state index contributed by atoms with van der Waals surface area (Å²) in [6, 6.07) is 25.1. The van der Waals surface area contributed by atoms with E-state index in [0.29, 0.717) is 12.1 Å². The Kier molecular flexibility index (Phi) is 7.82. The van der Waals surface area contributed by atoms with E-state index in [-0.39, 0.29) is 30.3 Å². The first kappa shape index (κ1) is 22.5. The molecule has 0 saturated heterocycles. The molecule has 0 heterocycles. The van der Waals surface area contributed by atoms with Crippen LogP contribution < -0.4 is 4.74 Å². The van der Waals surface area contributed by atoms with Crippen molar-refractivity contribution >= 4 is 5.91 Å². The van der Waals surface area contributed by atoms with Crippen LogP contribution in [0.2, 0.25) is 0 Å². The molecule has 0 spiro atoms. The number of carbonyl (C=O) groups is 1. The molecule has 0 fully saturated rings. The van der Waals surface area contributed by atoms with E-state index in [0.717, 1.165) is 17.7 Å². The molecule has 162 valence electrons. The second-order valence-corrected chi connectivity index (χ2v) is 8.02. The molecule has 0 bridgehead atoms. The summed E-state index contributed by atoms with van der Waals surface area (Å²) in [6.45, 7) is 6.35. The van der Waals surface area contributed by atoms with Gasteiger partial charge in [-0.1, -0.05) is 60.7 Å². The van der Waals surface area contributed by atoms with Crippen molar-refractivity contribution in [3.8, 4) is 5.75 Å². The van der Waals surface area contributed by atoms with Crippen LogP contribution in [-0.2, 0) is 11.3 Å². The second-order valence-electron chi connectivity index (χ2n) is 8.02. The monoisotopic (exact) mass is 419 g/mol. The summed E-state index contributed by atoms with van der Waals surface area (Å²) in [4.78, 5) is 14.0. The van der Waals surface area contributed by atoms with Crippen LogP contribution in [0.1, 0.15) is 49.8 Å². The fourth-order valence-electron chi connectivity index (χ4n) is 3.73. The van der Waals surface area contributed by atoms with Crippen molar-refractivity contribution in [2.75, 3.05) is 6.54 Å². The van der Waals surface area contributed by atoms with E-state index in [1.54, 1.807) is 23.1 Å². The molecule has 31 heavy (non-hydrogen) atoms. The fraction of sp³-hybridized carbons (Fsp3) is 0.296. The van der Waals surface area contributed by atoms with E-state index in [1.165, 1.54) is 18.6 Å². The topological polar surface area (TPSA) is 29.5 Å². The Morgan fingerprint density at radius 3 is 2.13 bits per heavy atom. The molecular formula is C27H30FNO2. The summed E-state index contributed by atoms with van der Waals surface area (Å²) in [6.07, 6.45) is 0.862. The zero-order valence-corrected chi connectivity index (χ0v) is 18.4. The van der Waals surface area contributed by atoms with Gasteiger partial charge in [0, 0.05) is 31.5 Å². The first-order valence-corrected chi connectivity index (χ1v) is 10.7. The summed E-state index contributed by atoms with van der Waals surface area (Å²) in [7, 11) is 0. The van der Waals surface area contributed by atoms with Gasteiger partial charge >= 0.3 is 0 Å². The highest BCUT2D eigenvalue weighted by atomic mass is 19.1. The number of halogens is 1. The van der Waals surface area contributed by atoms with Crippen LogP contribution in [0.4, 0.5) is 4.39 Å². The van der Waals surface area contributed by atoms with Gasteiger partial charge in [-0.25, -0.2) is 4.39 Å². The maximum Gasteiger partial charge on any atom is 0.219 e. The number of amides is 1. The molecule has 1 atom stereocenters. The van der Waals surface area contributed by atoms with Gasteiger partial charge in [-0.2, -0.15) is 0 Å². The average Bonchev–Trinajstić information content (AvgIpc) is 2.75. The van der Waals surface area contributed by atoms with Crippen LogP contribution in [0.5, 0.6) is 5.75 Å². The number of hydrogen-bond acceptors (Lipinski definition) is 2. The molecule has 0 aromatic heterocycles. The quantitative estimate of drug-likeness (QED) is 0.414. The third kappa shape index (κ3) is 6.42. The minimum absolute atomic E-state index is 0.0595. The Morgan fingerprint density at radius 1 is 0.903 bits per heavy atom. The van der Waals surface area contributed by atoms with Crippen LogP contribution in [0.15, 0.2) is 78.9 Å². The lowest BCUT2D eigenvalue weighted by Crippen LogP contribution is -2.30. The van der Waals surface area contributed by atoms with Crippen LogP contribution in [0.25, 0.3) is 0 Å². The third-order valence-corrected chi connectivity index (χ3v) is 5.31. The van der Waals surface area contributed by atoms with Gasteiger partial charge in [0.05, 0.1) is 6.10 Å². The molecule has 0 aliphatic rings. The van der Waals surface area contributed by atoms with E-state index >= 15 is 0 Å². The number of carbonyl (C=O) groups excluding carboxylic acids is 1. The van der Waals surface area contributed by atoms with E-state index in [4.69, 9.17) is 4.74 Å². The molecule has 3 aromatic carbocycles. The van der Waals surface area contributed by atoms with Crippen molar-refractivity contribution in [3.63, 3.8) is 0 Å². The molecule has 1 amide bonds. The Morgan fingerprint density at radius 2 is 1.52 bits per heavy atom. The number of nitrogens with zero attached hydrogens (tertiary/aromatic N) is 1. The minimum atomic E-state index is -0.283. The lowest BCUT2D eigenvalue weighted by Gasteiger charge is -2.25. The van der Waals surface area contributed by atoms with Crippen molar-refractivity contribution in [2.24, 2.45) is 0 Å². The highest BCUT2D eigenvalue weighted by molar-refractivity contribution is 5.73. The molecule has 0 radical (unpaired) electrons. The van der Waals surface area contributed by atoms with Gasteiger partial charge in [-0.3, -0.25) is 4.79 Å². The number of rotatable bonds is 9. The Bertz CT molecular complexity index is 970.